The summed E-state index contributed by atoms with van der Waals surface area (Å²) in [6, 6.07) is 14.0. The summed E-state index contributed by atoms with van der Waals surface area (Å²) in [5.74, 6) is 0.984. The van der Waals surface area contributed by atoms with Crippen LogP contribution in [0.4, 0.5) is 11.4 Å². The molecule has 1 heterocycles. The molecule has 1 atom stereocenters. The number of hydrogen-bond acceptors (Lipinski definition) is 4. The van der Waals surface area contributed by atoms with Crippen molar-refractivity contribution in [2.24, 2.45) is 5.41 Å². The summed E-state index contributed by atoms with van der Waals surface area (Å²) < 4.78 is 5.61. The van der Waals surface area contributed by atoms with E-state index in [2.05, 4.69) is 49.6 Å². The maximum absolute atomic E-state index is 13.2. The van der Waals surface area contributed by atoms with Crippen LogP contribution in [0.1, 0.15) is 43.9 Å². The van der Waals surface area contributed by atoms with Gasteiger partial charge in [-0.25, -0.2) is 0 Å². The number of aryl methyl sites for hydroxylation is 1. The number of hydrogen-bond donors (Lipinski definition) is 2. The molecule has 4 nitrogen and oxygen atoms in total. The van der Waals surface area contributed by atoms with Gasteiger partial charge in [0.15, 0.2) is 5.78 Å². The standard InChI is InChI=1S/C23H26N2O2/c1-14-9-10-16-17(11-14)25-22(15-7-5-6-8-20(15)27-4)21-18(24-16)12-23(2,3)13-19(21)26/h5-11,22,24-25H,12-13H2,1-4H3. The molecule has 2 aromatic rings. The van der Waals surface area contributed by atoms with Crippen LogP contribution in [0.5, 0.6) is 5.75 Å². The number of allylic oxidation sites excluding steroid dienone is 1. The monoisotopic (exact) mass is 362 g/mol. The van der Waals surface area contributed by atoms with Crippen LogP contribution in [0.15, 0.2) is 53.7 Å². The first-order valence-electron chi connectivity index (χ1n) is 9.41. The zero-order valence-electron chi connectivity index (χ0n) is 16.3. The number of Topliss-reactive ketones (excluding diaryl/α,β-unsaturated/α-hetero) is 1. The van der Waals surface area contributed by atoms with Gasteiger partial charge in [0.05, 0.1) is 24.5 Å². The number of para-hydroxylation sites is 1. The molecule has 0 spiro atoms. The number of carbonyl (C=O) groups excluding carboxylic acids is 1. The molecule has 0 radical (unpaired) electrons. The Balaban J connectivity index is 1.92. The van der Waals surface area contributed by atoms with Crippen molar-refractivity contribution in [1.82, 2.24) is 0 Å². The number of nitrogens with one attached hydrogen (secondary N) is 2. The Hall–Kier alpha value is -2.75. The highest BCUT2D eigenvalue weighted by molar-refractivity contribution is 6.01. The van der Waals surface area contributed by atoms with Gasteiger partial charge < -0.3 is 15.4 Å². The average Bonchev–Trinajstić information content (AvgIpc) is 2.76. The normalized spacial score (nSPS) is 20.7. The highest BCUT2D eigenvalue weighted by Gasteiger charge is 2.39. The smallest absolute Gasteiger partial charge is 0.163 e. The maximum atomic E-state index is 13.2. The molecule has 2 aromatic carbocycles. The van der Waals surface area contributed by atoms with E-state index in [1.807, 2.05) is 24.3 Å². The fourth-order valence-corrected chi connectivity index (χ4v) is 4.20. The highest BCUT2D eigenvalue weighted by Crippen LogP contribution is 2.46. The third kappa shape index (κ3) is 3.20. The van der Waals surface area contributed by atoms with Gasteiger partial charge in [0.25, 0.3) is 0 Å². The Morgan fingerprint density at radius 2 is 1.85 bits per heavy atom. The third-order valence-electron chi connectivity index (χ3n) is 5.42. The van der Waals surface area contributed by atoms with E-state index in [9.17, 15) is 4.79 Å². The zero-order chi connectivity index (χ0) is 19.2. The quantitative estimate of drug-likeness (QED) is 0.768. The molecule has 0 bridgehead atoms. The fourth-order valence-electron chi connectivity index (χ4n) is 4.20. The number of methoxy groups -OCH3 is 1. The van der Waals surface area contributed by atoms with Crippen LogP contribution in [0.3, 0.4) is 0 Å². The Kier molecular flexibility index (Phi) is 4.22. The predicted octanol–water partition coefficient (Wildman–Crippen LogP) is 5.23. The first-order chi connectivity index (χ1) is 12.9. The molecule has 0 aromatic heterocycles. The summed E-state index contributed by atoms with van der Waals surface area (Å²) in [5, 5.41) is 7.19. The number of ketones is 1. The molecular formula is C23H26N2O2. The van der Waals surface area contributed by atoms with Gasteiger partial charge in [-0.3, -0.25) is 4.79 Å². The van der Waals surface area contributed by atoms with Gasteiger partial charge in [0.2, 0.25) is 0 Å². The molecule has 2 N–H and O–H groups in total. The molecule has 2 aliphatic rings. The van der Waals surface area contributed by atoms with Crippen LogP contribution in [0, 0.1) is 12.3 Å². The van der Waals surface area contributed by atoms with Gasteiger partial charge in [-0.1, -0.05) is 38.1 Å². The first-order valence-corrected chi connectivity index (χ1v) is 9.41. The van der Waals surface area contributed by atoms with Crippen LogP contribution in [0.2, 0.25) is 0 Å². The fraction of sp³-hybridized carbons (Fsp3) is 0.348. The molecule has 0 fully saturated rings. The van der Waals surface area contributed by atoms with E-state index in [4.69, 9.17) is 4.74 Å². The maximum Gasteiger partial charge on any atom is 0.163 e. The zero-order valence-corrected chi connectivity index (χ0v) is 16.3. The average molecular weight is 362 g/mol. The second kappa shape index (κ2) is 6.45. The molecular weight excluding hydrogens is 336 g/mol. The predicted molar refractivity (Wildman–Crippen MR) is 109 cm³/mol. The van der Waals surface area contributed by atoms with Crippen molar-refractivity contribution in [2.45, 2.75) is 39.7 Å². The van der Waals surface area contributed by atoms with E-state index < -0.39 is 0 Å². The minimum Gasteiger partial charge on any atom is -0.496 e. The van der Waals surface area contributed by atoms with E-state index in [0.717, 1.165) is 40.4 Å². The van der Waals surface area contributed by atoms with Crippen molar-refractivity contribution in [3.63, 3.8) is 0 Å². The number of anilines is 2. The lowest BCUT2D eigenvalue weighted by molar-refractivity contribution is -0.118. The lowest BCUT2D eigenvalue weighted by Crippen LogP contribution is -2.31. The summed E-state index contributed by atoms with van der Waals surface area (Å²) in [6.07, 6.45) is 1.39. The largest absolute Gasteiger partial charge is 0.496 e. The van der Waals surface area contributed by atoms with Gasteiger partial charge in [-0.15, -0.1) is 0 Å². The van der Waals surface area contributed by atoms with Gasteiger partial charge in [-0.2, -0.15) is 0 Å². The number of carbonyl (C=O) groups is 1. The number of rotatable bonds is 2. The van der Waals surface area contributed by atoms with E-state index in [-0.39, 0.29) is 17.2 Å². The van der Waals surface area contributed by atoms with Crippen LogP contribution >= 0.6 is 0 Å². The lowest BCUT2D eigenvalue weighted by atomic mass is 9.73. The first kappa shape index (κ1) is 17.7. The van der Waals surface area contributed by atoms with E-state index in [1.54, 1.807) is 7.11 Å². The molecule has 140 valence electrons. The Bertz CT molecular complexity index is 943. The minimum absolute atomic E-state index is 0.0521. The second-order valence-corrected chi connectivity index (χ2v) is 8.33. The summed E-state index contributed by atoms with van der Waals surface area (Å²) in [5.41, 5.74) is 5.96. The van der Waals surface area contributed by atoms with Crippen LogP contribution in [0.25, 0.3) is 0 Å². The minimum atomic E-state index is -0.240. The molecule has 27 heavy (non-hydrogen) atoms. The van der Waals surface area contributed by atoms with Crippen molar-refractivity contribution < 1.29 is 9.53 Å². The Morgan fingerprint density at radius 3 is 2.63 bits per heavy atom. The highest BCUT2D eigenvalue weighted by atomic mass is 16.5. The van der Waals surface area contributed by atoms with E-state index in [1.165, 1.54) is 5.56 Å². The van der Waals surface area contributed by atoms with Crippen LogP contribution in [-0.2, 0) is 4.79 Å². The van der Waals surface area contributed by atoms with Gasteiger partial charge >= 0.3 is 0 Å². The summed E-state index contributed by atoms with van der Waals surface area (Å²) in [4.78, 5) is 13.2. The summed E-state index contributed by atoms with van der Waals surface area (Å²) >= 11 is 0. The van der Waals surface area contributed by atoms with Crippen LogP contribution in [-0.4, -0.2) is 12.9 Å². The SMILES string of the molecule is COc1ccccc1C1Nc2cc(C)ccc2NC2=C1C(=O)CC(C)(C)C2. The Morgan fingerprint density at radius 1 is 1.07 bits per heavy atom. The summed E-state index contributed by atoms with van der Waals surface area (Å²) in [7, 11) is 1.67. The summed E-state index contributed by atoms with van der Waals surface area (Å²) in [6.45, 7) is 6.39. The molecule has 0 saturated carbocycles. The van der Waals surface area contributed by atoms with Gasteiger partial charge in [-0.05, 0) is 42.5 Å². The molecule has 4 rings (SSSR count). The number of fused-ring (bicyclic) bond motifs is 1. The van der Waals surface area contributed by atoms with Crippen molar-refractivity contribution in [1.29, 1.82) is 0 Å². The second-order valence-electron chi connectivity index (χ2n) is 8.33. The topological polar surface area (TPSA) is 50.4 Å². The number of benzene rings is 2. The molecule has 1 unspecified atom stereocenters. The van der Waals surface area contributed by atoms with Gasteiger partial charge in [0, 0.05) is 23.3 Å². The van der Waals surface area contributed by atoms with Crippen molar-refractivity contribution in [3.05, 3.63) is 64.9 Å². The van der Waals surface area contributed by atoms with Crippen molar-refractivity contribution in [3.8, 4) is 5.75 Å². The molecule has 1 aliphatic carbocycles. The van der Waals surface area contributed by atoms with E-state index >= 15 is 0 Å². The van der Waals surface area contributed by atoms with E-state index in [0.29, 0.717) is 6.42 Å². The molecule has 0 amide bonds. The third-order valence-corrected chi connectivity index (χ3v) is 5.42. The van der Waals surface area contributed by atoms with Crippen molar-refractivity contribution >= 4 is 17.2 Å². The molecule has 0 saturated heterocycles. The van der Waals surface area contributed by atoms with Crippen molar-refractivity contribution in [2.75, 3.05) is 17.7 Å². The lowest BCUT2D eigenvalue weighted by Gasteiger charge is -2.34. The molecule has 4 heteroatoms. The number of ether oxygens (including phenoxy) is 1. The molecule has 1 aliphatic heterocycles. The van der Waals surface area contributed by atoms with Gasteiger partial charge in [0.1, 0.15) is 5.75 Å². The van der Waals surface area contributed by atoms with Crippen LogP contribution < -0.4 is 15.4 Å². The Labute approximate surface area is 160 Å².